The number of benzene rings is 2. The highest BCUT2D eigenvalue weighted by Gasteiger charge is 2.44. The first-order valence-corrected chi connectivity index (χ1v) is 14.8. The number of aromatic carboxylic acids is 2. The third-order valence-corrected chi connectivity index (χ3v) is 9.84. The first-order valence-electron chi connectivity index (χ1n) is 14.8. The number of allylic oxidation sites excluding steroid dienone is 1. The van der Waals surface area contributed by atoms with Crippen LogP contribution in [0.2, 0.25) is 0 Å². The zero-order valence-corrected chi connectivity index (χ0v) is 22.5. The molecule has 7 heteroatoms. The predicted octanol–water partition coefficient (Wildman–Crippen LogP) is 1.79. The van der Waals surface area contributed by atoms with Crippen LogP contribution in [0.15, 0.2) is 47.2 Å². The van der Waals surface area contributed by atoms with Crippen molar-refractivity contribution in [1.29, 1.82) is 0 Å². The first-order chi connectivity index (χ1) is 19.5. The van der Waals surface area contributed by atoms with E-state index in [2.05, 4.69) is 21.6 Å². The zero-order valence-electron chi connectivity index (χ0n) is 22.5. The second-order valence-electron chi connectivity index (χ2n) is 12.0. The Labute approximate surface area is 232 Å². The largest absolute Gasteiger partial charge is 0.545 e. The van der Waals surface area contributed by atoms with Crippen molar-refractivity contribution in [3.05, 3.63) is 85.6 Å². The summed E-state index contributed by atoms with van der Waals surface area (Å²) >= 11 is 0. The smallest absolute Gasteiger partial charge is 0.336 e. The molecule has 0 saturated carbocycles. The van der Waals surface area contributed by atoms with Crippen molar-refractivity contribution in [1.82, 2.24) is 9.48 Å². The summed E-state index contributed by atoms with van der Waals surface area (Å²) in [6, 6.07) is 6.69. The Balaban J connectivity index is 1.47. The number of rotatable bonds is 3. The number of ether oxygens (including phenoxy) is 1. The highest BCUT2D eigenvalue weighted by Crippen LogP contribution is 2.47. The van der Waals surface area contributed by atoms with Gasteiger partial charge in [0.05, 0.1) is 17.1 Å². The van der Waals surface area contributed by atoms with Crippen molar-refractivity contribution in [2.75, 3.05) is 26.2 Å². The van der Waals surface area contributed by atoms with Crippen molar-refractivity contribution in [2.24, 2.45) is 5.92 Å². The van der Waals surface area contributed by atoms with Gasteiger partial charge in [0.25, 0.3) is 0 Å². The molecule has 5 heterocycles. The van der Waals surface area contributed by atoms with Gasteiger partial charge in [0.1, 0.15) is 24.9 Å². The summed E-state index contributed by atoms with van der Waals surface area (Å²) in [6.07, 6.45) is 10.5. The fourth-order valence-electron chi connectivity index (χ4n) is 8.32. The molecule has 0 spiro atoms. The second kappa shape index (κ2) is 8.82. The number of carbonyl (C=O) groups is 2. The summed E-state index contributed by atoms with van der Waals surface area (Å²) in [5, 5.41) is 24.3. The molecule has 5 aliphatic heterocycles. The molecule has 2 atom stereocenters. The average Bonchev–Trinajstić information content (AvgIpc) is 2.97. The molecule has 0 aromatic heterocycles. The lowest BCUT2D eigenvalue weighted by Crippen LogP contribution is -2.49. The van der Waals surface area contributed by atoms with Gasteiger partial charge in [-0.15, -0.1) is 0 Å². The highest BCUT2D eigenvalue weighted by atomic mass is 16.5. The van der Waals surface area contributed by atoms with E-state index in [1.165, 1.54) is 45.5 Å². The lowest BCUT2D eigenvalue weighted by atomic mass is 9.71. The quantitative estimate of drug-likeness (QED) is 0.602. The van der Waals surface area contributed by atoms with Gasteiger partial charge >= 0.3 is 5.97 Å². The molecular formula is C33H32N2O5. The van der Waals surface area contributed by atoms with Crippen molar-refractivity contribution in [3.63, 3.8) is 0 Å². The summed E-state index contributed by atoms with van der Waals surface area (Å²) in [6.45, 7) is 4.27. The van der Waals surface area contributed by atoms with Crippen LogP contribution in [-0.2, 0) is 12.8 Å². The van der Waals surface area contributed by atoms with E-state index >= 15 is 0 Å². The van der Waals surface area contributed by atoms with Gasteiger partial charge < -0.3 is 24.6 Å². The van der Waals surface area contributed by atoms with Crippen molar-refractivity contribution in [2.45, 2.75) is 57.5 Å². The number of fused-ring (bicyclic) bond motifs is 4. The van der Waals surface area contributed by atoms with Gasteiger partial charge in [0, 0.05) is 48.3 Å². The van der Waals surface area contributed by atoms with Crippen LogP contribution >= 0.6 is 0 Å². The van der Waals surface area contributed by atoms with E-state index in [0.29, 0.717) is 5.56 Å². The Morgan fingerprint density at radius 1 is 1.00 bits per heavy atom. The summed E-state index contributed by atoms with van der Waals surface area (Å²) < 4.78 is 9.64. The Hall–Kier alpha value is -3.87. The molecule has 2 unspecified atom stereocenters. The van der Waals surface area contributed by atoms with Gasteiger partial charge in [-0.1, -0.05) is 18.2 Å². The maximum Gasteiger partial charge on any atom is 0.336 e. The second-order valence-corrected chi connectivity index (χ2v) is 12.0. The number of hydrogen-bond acceptors (Lipinski definition) is 5. The third kappa shape index (κ3) is 3.39. The van der Waals surface area contributed by atoms with E-state index in [0.717, 1.165) is 94.1 Å². The molecule has 0 bridgehead atoms. The molecule has 7 nitrogen and oxygen atoms in total. The first kappa shape index (κ1) is 24.0. The van der Waals surface area contributed by atoms with E-state index in [1.807, 2.05) is 0 Å². The summed E-state index contributed by atoms with van der Waals surface area (Å²) in [5.74, 6) is -1.74. The van der Waals surface area contributed by atoms with Crippen LogP contribution in [0.4, 0.5) is 0 Å². The molecular weight excluding hydrogens is 504 g/mol. The number of hydrogen-bond donors (Lipinski definition) is 1. The van der Waals surface area contributed by atoms with Gasteiger partial charge in [-0.3, -0.25) is 0 Å². The van der Waals surface area contributed by atoms with Crippen LogP contribution in [0.5, 0.6) is 5.75 Å². The number of carboxylic acids is 2. The van der Waals surface area contributed by atoms with Crippen molar-refractivity contribution < 1.29 is 24.5 Å². The average molecular weight is 537 g/mol. The Kier molecular flexibility index (Phi) is 5.28. The standard InChI is InChI=1S/C33H32N2O5/c36-32(37)20-9-10-21(24(17-20)33(38)39)27-25-15-18-5-1-11-34-13-3-7-22(28(18)34)30(25)40-31-23-8-4-14-35-12-2-6-19(29(23)35)16-26(27)31/h9-10,15-17,25,30H,1-8,11-14H2,(H-,36,37,38,39). The topological polar surface area (TPSA) is 92.9 Å². The van der Waals surface area contributed by atoms with Crippen LogP contribution in [0.1, 0.15) is 75.9 Å². The Morgan fingerprint density at radius 2 is 1.80 bits per heavy atom. The number of nitrogens with zero attached hydrogens (tertiary/aromatic N) is 2. The number of carboxylic acid groups (broad SMARTS) is 2. The lowest BCUT2D eigenvalue weighted by Gasteiger charge is -2.47. The third-order valence-electron chi connectivity index (χ3n) is 9.84. The minimum absolute atomic E-state index is 0.00313. The van der Waals surface area contributed by atoms with Gasteiger partial charge in [0.15, 0.2) is 0 Å². The minimum atomic E-state index is -1.37. The van der Waals surface area contributed by atoms with E-state index in [4.69, 9.17) is 4.74 Å². The predicted molar refractivity (Wildman–Crippen MR) is 147 cm³/mol. The molecule has 8 rings (SSSR count). The fourth-order valence-corrected chi connectivity index (χ4v) is 8.32. The van der Waals surface area contributed by atoms with E-state index in [-0.39, 0.29) is 23.1 Å². The maximum atomic E-state index is 12.6. The van der Waals surface area contributed by atoms with Gasteiger partial charge in [-0.05, 0) is 78.5 Å². The monoisotopic (exact) mass is 536 g/mol. The van der Waals surface area contributed by atoms with Crippen LogP contribution in [0.25, 0.3) is 5.57 Å². The molecule has 204 valence electrons. The van der Waals surface area contributed by atoms with Crippen LogP contribution in [0, 0.1) is 5.92 Å². The van der Waals surface area contributed by atoms with E-state index in [1.54, 1.807) is 6.07 Å². The highest BCUT2D eigenvalue weighted by molar-refractivity contribution is 5.98. The van der Waals surface area contributed by atoms with Gasteiger partial charge in [0.2, 0.25) is 5.36 Å². The number of carbonyl (C=O) groups excluding carboxylic acids is 1. The lowest BCUT2D eigenvalue weighted by molar-refractivity contribution is -0.255. The van der Waals surface area contributed by atoms with Crippen molar-refractivity contribution in [3.8, 4) is 5.75 Å². The molecule has 1 saturated heterocycles. The van der Waals surface area contributed by atoms with Crippen LogP contribution < -0.4 is 25.0 Å². The fraction of sp³-hybridized carbons (Fsp3) is 0.424. The normalized spacial score (nSPS) is 24.3. The summed E-state index contributed by atoms with van der Waals surface area (Å²) in [7, 11) is 0. The molecule has 0 radical (unpaired) electrons. The number of aryl methyl sites for hydroxylation is 1. The molecule has 1 fully saturated rings. The molecule has 2 aromatic carbocycles. The summed E-state index contributed by atoms with van der Waals surface area (Å²) in [4.78, 5) is 26.8. The molecule has 0 amide bonds. The zero-order chi connectivity index (χ0) is 27.1. The molecule has 2 aromatic rings. The van der Waals surface area contributed by atoms with E-state index in [9.17, 15) is 19.8 Å². The Bertz CT molecular complexity index is 1710. The van der Waals surface area contributed by atoms with Crippen LogP contribution in [0.3, 0.4) is 0 Å². The van der Waals surface area contributed by atoms with Crippen LogP contribution in [-0.4, -0.2) is 54.2 Å². The Morgan fingerprint density at radius 3 is 2.60 bits per heavy atom. The molecule has 1 N–H and O–H groups in total. The maximum absolute atomic E-state index is 12.6. The van der Waals surface area contributed by atoms with Gasteiger partial charge in [-0.25, -0.2) is 9.37 Å². The number of piperidine rings is 1. The molecule has 1 aliphatic carbocycles. The SMILES string of the molecule is O=C([O-])c1ccc(C2=c3cc4c5c(c3OC3C6=C7C(=CC23)CCCN7CCC6)CCC[N+]=5CCC4)c(C(=O)O)c1. The van der Waals surface area contributed by atoms with Crippen molar-refractivity contribution >= 4 is 17.5 Å². The molecule has 40 heavy (non-hydrogen) atoms. The summed E-state index contributed by atoms with van der Waals surface area (Å²) in [5.41, 5.74) is 8.04. The van der Waals surface area contributed by atoms with Gasteiger partial charge in [-0.2, -0.15) is 0 Å². The molecule has 6 aliphatic rings. The minimum Gasteiger partial charge on any atom is -0.545 e. The van der Waals surface area contributed by atoms with E-state index < -0.39 is 11.9 Å².